The SMILES string of the molecule is CCCCCCCC(N)Cc1nccn1CC. The summed E-state index contributed by atoms with van der Waals surface area (Å²) in [6.45, 7) is 5.37. The van der Waals surface area contributed by atoms with Crippen LogP contribution < -0.4 is 5.73 Å². The van der Waals surface area contributed by atoms with Gasteiger partial charge in [0.15, 0.2) is 0 Å². The van der Waals surface area contributed by atoms with Gasteiger partial charge in [-0.2, -0.15) is 0 Å². The summed E-state index contributed by atoms with van der Waals surface area (Å²) in [6, 6.07) is 0.268. The average molecular weight is 237 g/mol. The normalized spacial score (nSPS) is 12.9. The first-order valence-corrected chi connectivity index (χ1v) is 7.03. The third-order valence-corrected chi connectivity index (χ3v) is 3.27. The van der Waals surface area contributed by atoms with Gasteiger partial charge in [0.05, 0.1) is 0 Å². The largest absolute Gasteiger partial charge is 0.335 e. The molecule has 0 aliphatic rings. The van der Waals surface area contributed by atoms with Gasteiger partial charge in [-0.3, -0.25) is 0 Å². The first-order chi connectivity index (χ1) is 8.27. The molecule has 1 atom stereocenters. The van der Waals surface area contributed by atoms with Crippen LogP contribution in [0.4, 0.5) is 0 Å². The Morgan fingerprint density at radius 1 is 1.24 bits per heavy atom. The molecule has 0 amide bonds. The third kappa shape index (κ3) is 5.35. The summed E-state index contributed by atoms with van der Waals surface area (Å²) in [5, 5.41) is 0. The van der Waals surface area contributed by atoms with Gasteiger partial charge in [0.2, 0.25) is 0 Å². The molecule has 0 radical (unpaired) electrons. The summed E-state index contributed by atoms with van der Waals surface area (Å²) in [5.74, 6) is 1.13. The third-order valence-electron chi connectivity index (χ3n) is 3.27. The van der Waals surface area contributed by atoms with Gasteiger partial charge in [0, 0.05) is 31.4 Å². The van der Waals surface area contributed by atoms with Crippen LogP contribution in [-0.4, -0.2) is 15.6 Å². The molecule has 0 aromatic carbocycles. The van der Waals surface area contributed by atoms with E-state index in [4.69, 9.17) is 5.73 Å². The molecule has 1 aromatic heterocycles. The van der Waals surface area contributed by atoms with E-state index in [1.807, 2.05) is 12.4 Å². The Hall–Kier alpha value is -0.830. The van der Waals surface area contributed by atoms with Crippen molar-refractivity contribution in [3.8, 4) is 0 Å². The molecule has 0 bridgehead atoms. The summed E-state index contributed by atoms with van der Waals surface area (Å²) in [6.07, 6.45) is 12.5. The standard InChI is InChI=1S/C14H27N3/c1-3-5-6-7-8-9-13(15)12-14-16-10-11-17(14)4-2/h10-11,13H,3-9,12,15H2,1-2H3. The van der Waals surface area contributed by atoms with Crippen LogP contribution in [0.2, 0.25) is 0 Å². The van der Waals surface area contributed by atoms with Crippen molar-refractivity contribution in [2.45, 2.75) is 71.4 Å². The summed E-state index contributed by atoms with van der Waals surface area (Å²) in [4.78, 5) is 4.37. The van der Waals surface area contributed by atoms with E-state index in [0.29, 0.717) is 0 Å². The molecular formula is C14H27N3. The molecule has 0 fully saturated rings. The lowest BCUT2D eigenvalue weighted by Gasteiger charge is -2.12. The topological polar surface area (TPSA) is 43.8 Å². The minimum atomic E-state index is 0.268. The predicted molar refractivity (Wildman–Crippen MR) is 73.0 cm³/mol. The van der Waals surface area contributed by atoms with Crippen LogP contribution in [0.1, 0.15) is 58.2 Å². The van der Waals surface area contributed by atoms with Gasteiger partial charge in [-0.15, -0.1) is 0 Å². The molecule has 0 saturated carbocycles. The van der Waals surface area contributed by atoms with E-state index in [1.165, 1.54) is 32.1 Å². The molecule has 1 heterocycles. The number of nitrogens with zero attached hydrogens (tertiary/aromatic N) is 2. The minimum Gasteiger partial charge on any atom is -0.335 e. The lowest BCUT2D eigenvalue weighted by molar-refractivity contribution is 0.521. The van der Waals surface area contributed by atoms with E-state index in [9.17, 15) is 0 Å². The van der Waals surface area contributed by atoms with Crippen molar-refractivity contribution in [1.82, 2.24) is 9.55 Å². The highest BCUT2D eigenvalue weighted by Gasteiger charge is 2.08. The van der Waals surface area contributed by atoms with Crippen molar-refractivity contribution in [3.05, 3.63) is 18.2 Å². The number of hydrogen-bond acceptors (Lipinski definition) is 2. The summed E-state index contributed by atoms with van der Waals surface area (Å²) in [7, 11) is 0. The first kappa shape index (κ1) is 14.2. The molecule has 1 aromatic rings. The molecular weight excluding hydrogens is 210 g/mol. The Labute approximate surface area is 105 Å². The maximum atomic E-state index is 6.15. The molecule has 3 nitrogen and oxygen atoms in total. The van der Waals surface area contributed by atoms with Crippen LogP contribution in [-0.2, 0) is 13.0 Å². The van der Waals surface area contributed by atoms with Crippen LogP contribution >= 0.6 is 0 Å². The van der Waals surface area contributed by atoms with Crippen LogP contribution in [0.25, 0.3) is 0 Å². The average Bonchev–Trinajstić information content (AvgIpc) is 2.76. The Bertz CT molecular complexity index is 293. The van der Waals surface area contributed by atoms with Crippen molar-refractivity contribution in [2.75, 3.05) is 0 Å². The summed E-state index contributed by atoms with van der Waals surface area (Å²) < 4.78 is 2.18. The molecule has 1 rings (SSSR count). The van der Waals surface area contributed by atoms with Gasteiger partial charge in [0.25, 0.3) is 0 Å². The zero-order valence-electron chi connectivity index (χ0n) is 11.4. The molecule has 3 heteroatoms. The van der Waals surface area contributed by atoms with Crippen LogP contribution in [0.15, 0.2) is 12.4 Å². The van der Waals surface area contributed by atoms with Crippen LogP contribution in [0.3, 0.4) is 0 Å². The molecule has 0 aliphatic heterocycles. The van der Waals surface area contributed by atoms with Crippen molar-refractivity contribution in [1.29, 1.82) is 0 Å². The first-order valence-electron chi connectivity index (χ1n) is 7.03. The Kier molecular flexibility index (Phi) is 6.94. The molecule has 98 valence electrons. The highest BCUT2D eigenvalue weighted by molar-refractivity contribution is 4.94. The quantitative estimate of drug-likeness (QED) is 0.671. The second-order valence-corrected chi connectivity index (χ2v) is 4.80. The van der Waals surface area contributed by atoms with Crippen molar-refractivity contribution >= 4 is 0 Å². The second kappa shape index (κ2) is 8.29. The van der Waals surface area contributed by atoms with Crippen molar-refractivity contribution in [3.63, 3.8) is 0 Å². The van der Waals surface area contributed by atoms with Gasteiger partial charge >= 0.3 is 0 Å². The number of rotatable bonds is 9. The molecule has 0 spiro atoms. The Morgan fingerprint density at radius 3 is 2.71 bits per heavy atom. The Balaban J connectivity index is 2.18. The van der Waals surface area contributed by atoms with Crippen molar-refractivity contribution in [2.24, 2.45) is 5.73 Å². The minimum absolute atomic E-state index is 0.268. The number of unbranched alkanes of at least 4 members (excludes halogenated alkanes) is 4. The number of aryl methyl sites for hydroxylation is 1. The van der Waals surface area contributed by atoms with Gasteiger partial charge in [-0.05, 0) is 13.3 Å². The maximum absolute atomic E-state index is 6.15. The second-order valence-electron chi connectivity index (χ2n) is 4.80. The molecule has 17 heavy (non-hydrogen) atoms. The van der Waals surface area contributed by atoms with E-state index in [-0.39, 0.29) is 6.04 Å². The van der Waals surface area contributed by atoms with E-state index in [2.05, 4.69) is 23.4 Å². The van der Waals surface area contributed by atoms with Gasteiger partial charge < -0.3 is 10.3 Å². The van der Waals surface area contributed by atoms with E-state index >= 15 is 0 Å². The van der Waals surface area contributed by atoms with Crippen LogP contribution in [0.5, 0.6) is 0 Å². The van der Waals surface area contributed by atoms with Gasteiger partial charge in [-0.1, -0.05) is 39.0 Å². The molecule has 0 aliphatic carbocycles. The fourth-order valence-corrected chi connectivity index (χ4v) is 2.16. The van der Waals surface area contributed by atoms with E-state index in [1.54, 1.807) is 0 Å². The molecule has 2 N–H and O–H groups in total. The van der Waals surface area contributed by atoms with Crippen molar-refractivity contribution < 1.29 is 0 Å². The number of aromatic nitrogens is 2. The summed E-state index contributed by atoms with van der Waals surface area (Å²) >= 11 is 0. The fourth-order valence-electron chi connectivity index (χ4n) is 2.16. The smallest absolute Gasteiger partial charge is 0.110 e. The maximum Gasteiger partial charge on any atom is 0.110 e. The zero-order valence-corrected chi connectivity index (χ0v) is 11.4. The molecule has 1 unspecified atom stereocenters. The zero-order chi connectivity index (χ0) is 12.5. The van der Waals surface area contributed by atoms with Crippen LogP contribution in [0, 0.1) is 0 Å². The highest BCUT2D eigenvalue weighted by atomic mass is 15.1. The fraction of sp³-hybridized carbons (Fsp3) is 0.786. The monoisotopic (exact) mass is 237 g/mol. The van der Waals surface area contributed by atoms with E-state index in [0.717, 1.165) is 25.2 Å². The summed E-state index contributed by atoms with van der Waals surface area (Å²) in [5.41, 5.74) is 6.15. The number of nitrogens with two attached hydrogens (primary N) is 1. The van der Waals surface area contributed by atoms with Gasteiger partial charge in [0.1, 0.15) is 5.82 Å². The van der Waals surface area contributed by atoms with E-state index < -0.39 is 0 Å². The number of imidazole rings is 1. The van der Waals surface area contributed by atoms with Gasteiger partial charge in [-0.25, -0.2) is 4.98 Å². The highest BCUT2D eigenvalue weighted by Crippen LogP contribution is 2.09. The molecule has 0 saturated heterocycles. The lowest BCUT2D eigenvalue weighted by Crippen LogP contribution is -2.24. The lowest BCUT2D eigenvalue weighted by atomic mass is 10.0. The Morgan fingerprint density at radius 2 is 2.00 bits per heavy atom. The number of hydrogen-bond donors (Lipinski definition) is 1. The predicted octanol–water partition coefficient (Wildman–Crippen LogP) is 3.13.